The second-order valence-corrected chi connectivity index (χ2v) is 5.92. The van der Waals surface area contributed by atoms with Crippen LogP contribution in [0.15, 0.2) is 79.3 Å². The molecule has 1 aromatic heterocycles. The van der Waals surface area contributed by atoms with Crippen molar-refractivity contribution < 1.29 is 5.02 Å². The highest BCUT2D eigenvalue weighted by Crippen LogP contribution is 2.33. The smallest absolute Gasteiger partial charge is 0.350 e. The number of benzene rings is 2. The van der Waals surface area contributed by atoms with E-state index in [9.17, 15) is 5.02 Å². The van der Waals surface area contributed by atoms with Gasteiger partial charge in [0, 0.05) is 9.75 Å². The van der Waals surface area contributed by atoms with E-state index in [1.54, 1.807) is 17.3 Å². The minimum Gasteiger partial charge on any atom is -0.443 e. The van der Waals surface area contributed by atoms with E-state index in [-0.39, 0.29) is 0 Å². The van der Waals surface area contributed by atoms with Gasteiger partial charge in [0.15, 0.2) is 0 Å². The highest BCUT2D eigenvalue weighted by atomic mass is 32.1. The average molecular weight is 290 g/mol. The Morgan fingerprint density at radius 3 is 2.24 bits per heavy atom. The highest BCUT2D eigenvalue weighted by molar-refractivity contribution is 7.18. The molecular weight excluding hydrogens is 275 g/mol. The molecule has 1 N–H and O–H groups in total. The van der Waals surface area contributed by atoms with Gasteiger partial charge in [-0.3, -0.25) is 0 Å². The molecule has 1 heterocycles. The maximum atomic E-state index is 9.87. The Labute approximate surface area is 129 Å². The second kappa shape index (κ2) is 6.12. The van der Waals surface area contributed by atoms with Crippen molar-refractivity contribution in [1.82, 2.24) is 0 Å². The van der Waals surface area contributed by atoms with Crippen molar-refractivity contribution in [1.29, 1.82) is 0 Å². The summed E-state index contributed by atoms with van der Waals surface area (Å²) in [6.45, 7) is 3.02. The Morgan fingerprint density at radius 2 is 1.52 bits per heavy atom. The van der Waals surface area contributed by atoms with Gasteiger partial charge in [0.05, 0.1) is 0 Å². The Bertz CT molecular complexity index is 749. The number of hydrogen-bond acceptors (Lipinski definition) is 2. The summed E-state index contributed by atoms with van der Waals surface area (Å²) < 4.78 is 0. The lowest BCUT2D eigenvalue weighted by atomic mass is 9.62. The summed E-state index contributed by atoms with van der Waals surface area (Å²) in [5.41, 5.74) is 3.23. The molecule has 0 unspecified atom stereocenters. The topological polar surface area (TPSA) is 20.2 Å². The lowest BCUT2D eigenvalue weighted by Gasteiger charge is -2.04. The zero-order chi connectivity index (χ0) is 14.7. The molecule has 3 heteroatoms. The van der Waals surface area contributed by atoms with E-state index in [0.717, 1.165) is 11.0 Å². The van der Waals surface area contributed by atoms with E-state index in [1.165, 1.54) is 15.3 Å². The van der Waals surface area contributed by atoms with Crippen molar-refractivity contribution in [3.05, 3.63) is 79.3 Å². The molecule has 0 aliphatic carbocycles. The number of rotatable bonds is 4. The van der Waals surface area contributed by atoms with Gasteiger partial charge in [0.25, 0.3) is 0 Å². The maximum Gasteiger partial charge on any atom is 0.350 e. The molecule has 0 aliphatic heterocycles. The Kier molecular flexibility index (Phi) is 4.04. The summed E-state index contributed by atoms with van der Waals surface area (Å²) in [6, 6.07) is 22.6. The minimum absolute atomic E-state index is 0.612. The van der Waals surface area contributed by atoms with Crippen molar-refractivity contribution in [3.8, 4) is 20.9 Å². The molecule has 3 rings (SSSR count). The van der Waals surface area contributed by atoms with Gasteiger partial charge in [-0.05, 0) is 28.7 Å². The lowest BCUT2D eigenvalue weighted by molar-refractivity contribution is 0.599. The largest absolute Gasteiger partial charge is 0.443 e. The lowest BCUT2D eigenvalue weighted by Crippen LogP contribution is -2.27. The molecule has 0 saturated heterocycles. The van der Waals surface area contributed by atoms with Crippen LogP contribution < -0.4 is 5.46 Å². The van der Waals surface area contributed by atoms with Gasteiger partial charge in [0.1, 0.15) is 0 Å². The molecule has 3 aromatic rings. The fourth-order valence-corrected chi connectivity index (χ4v) is 3.27. The number of hydrogen-bond donors (Lipinski definition) is 1. The Morgan fingerprint density at radius 1 is 0.857 bits per heavy atom. The quantitative estimate of drug-likeness (QED) is 0.720. The fraction of sp³-hybridized carbons (Fsp3) is 0. The third-order valence-corrected chi connectivity index (χ3v) is 4.58. The normalized spacial score (nSPS) is 10.3. The molecule has 0 spiro atoms. The summed E-state index contributed by atoms with van der Waals surface area (Å²) in [7, 11) is 0. The van der Waals surface area contributed by atoms with Gasteiger partial charge < -0.3 is 5.02 Å². The van der Waals surface area contributed by atoms with Crippen LogP contribution in [-0.2, 0) is 0 Å². The van der Waals surface area contributed by atoms with Gasteiger partial charge in [-0.25, -0.2) is 0 Å². The summed E-state index contributed by atoms with van der Waals surface area (Å²) in [6.07, 6.45) is 0. The summed E-state index contributed by atoms with van der Waals surface area (Å²) in [5, 5.41) is 9.87. The molecule has 0 radical (unpaired) electrons. The molecule has 21 heavy (non-hydrogen) atoms. The molecule has 0 saturated carbocycles. The fourth-order valence-electron chi connectivity index (χ4n) is 2.26. The monoisotopic (exact) mass is 290 g/mol. The third-order valence-electron chi connectivity index (χ3n) is 3.40. The van der Waals surface area contributed by atoms with Gasteiger partial charge in [-0.15, -0.1) is 17.9 Å². The van der Waals surface area contributed by atoms with E-state index in [4.69, 9.17) is 0 Å². The van der Waals surface area contributed by atoms with Crippen LogP contribution in [0.2, 0.25) is 0 Å². The van der Waals surface area contributed by atoms with E-state index in [0.29, 0.717) is 0 Å². The van der Waals surface area contributed by atoms with E-state index in [1.807, 2.05) is 24.3 Å². The SMILES string of the molecule is C=CB(O)c1cccc(-c2ccc(-c3ccccc3)s2)c1. The molecule has 2 aromatic carbocycles. The molecule has 0 bridgehead atoms. The Hall–Kier alpha value is -2.10. The van der Waals surface area contributed by atoms with Crippen molar-refractivity contribution in [2.75, 3.05) is 0 Å². The van der Waals surface area contributed by atoms with Crippen molar-refractivity contribution in [3.63, 3.8) is 0 Å². The van der Waals surface area contributed by atoms with Gasteiger partial charge >= 0.3 is 6.92 Å². The maximum absolute atomic E-state index is 9.87. The van der Waals surface area contributed by atoms with E-state index >= 15 is 0 Å². The first kappa shape index (κ1) is 13.9. The predicted molar refractivity (Wildman–Crippen MR) is 93.0 cm³/mol. The van der Waals surface area contributed by atoms with Crippen molar-refractivity contribution in [2.24, 2.45) is 0 Å². The van der Waals surface area contributed by atoms with Crippen LogP contribution in [-0.4, -0.2) is 11.9 Å². The molecule has 0 fully saturated rings. The van der Waals surface area contributed by atoms with Gasteiger partial charge in [-0.2, -0.15) is 0 Å². The minimum atomic E-state index is -0.612. The van der Waals surface area contributed by atoms with Crippen molar-refractivity contribution in [2.45, 2.75) is 0 Å². The van der Waals surface area contributed by atoms with Crippen LogP contribution in [0.25, 0.3) is 20.9 Å². The van der Waals surface area contributed by atoms with Crippen LogP contribution in [0.4, 0.5) is 0 Å². The summed E-state index contributed by atoms with van der Waals surface area (Å²) >= 11 is 1.76. The average Bonchev–Trinajstić information content (AvgIpc) is 3.05. The zero-order valence-corrected chi connectivity index (χ0v) is 12.4. The molecule has 102 valence electrons. The van der Waals surface area contributed by atoms with E-state index < -0.39 is 6.92 Å². The van der Waals surface area contributed by atoms with Gasteiger partial charge in [-0.1, -0.05) is 60.6 Å². The molecule has 1 nitrogen and oxygen atoms in total. The summed E-state index contributed by atoms with van der Waals surface area (Å²) in [5.74, 6) is 1.54. The first-order valence-electron chi connectivity index (χ1n) is 6.84. The molecular formula is C18H15BOS. The molecule has 0 amide bonds. The Balaban J connectivity index is 1.95. The van der Waals surface area contributed by atoms with Crippen LogP contribution >= 0.6 is 11.3 Å². The van der Waals surface area contributed by atoms with E-state index in [2.05, 4.69) is 49.0 Å². The standard InChI is InChI=1S/C18H15BOS/c1-2-19(20)16-10-6-9-15(13-16)18-12-11-17(21-18)14-7-4-3-5-8-14/h2-13,20H,1H2. The number of thiophene rings is 1. The predicted octanol–water partition coefficient (Wildman–Crippen LogP) is 4.00. The first-order chi connectivity index (χ1) is 10.3. The third kappa shape index (κ3) is 2.99. The summed E-state index contributed by atoms with van der Waals surface area (Å²) in [4.78, 5) is 2.45. The van der Waals surface area contributed by atoms with Gasteiger partial charge in [0.2, 0.25) is 0 Å². The molecule has 0 atom stereocenters. The molecule has 0 aliphatic rings. The van der Waals surface area contributed by atoms with Crippen LogP contribution in [0.3, 0.4) is 0 Å². The van der Waals surface area contributed by atoms with Crippen LogP contribution in [0.1, 0.15) is 0 Å². The second-order valence-electron chi connectivity index (χ2n) is 4.84. The van der Waals surface area contributed by atoms with Crippen LogP contribution in [0, 0.1) is 0 Å². The first-order valence-corrected chi connectivity index (χ1v) is 7.66. The zero-order valence-electron chi connectivity index (χ0n) is 11.6. The van der Waals surface area contributed by atoms with Crippen LogP contribution in [0.5, 0.6) is 0 Å². The highest BCUT2D eigenvalue weighted by Gasteiger charge is 2.11. The van der Waals surface area contributed by atoms with Crippen molar-refractivity contribution >= 4 is 23.7 Å².